The Labute approximate surface area is 113 Å². The Morgan fingerprint density at radius 1 is 1.44 bits per heavy atom. The number of rotatable bonds is 2. The van der Waals surface area contributed by atoms with Gasteiger partial charge >= 0.3 is 5.97 Å². The van der Waals surface area contributed by atoms with Crippen molar-refractivity contribution in [2.45, 2.75) is 6.92 Å². The number of aromatic nitrogens is 1. The molecule has 0 aliphatic rings. The summed E-state index contributed by atoms with van der Waals surface area (Å²) in [6.45, 7) is 1.55. The first-order chi connectivity index (χ1) is 8.41. The molecule has 0 atom stereocenters. The molecule has 0 aliphatic heterocycles. The van der Waals surface area contributed by atoms with E-state index in [1.54, 1.807) is 6.92 Å². The maximum absolute atomic E-state index is 13.4. The minimum atomic E-state index is -1.09. The Morgan fingerprint density at radius 3 is 2.67 bits per heavy atom. The van der Waals surface area contributed by atoms with E-state index in [1.165, 1.54) is 6.07 Å². The number of carboxylic acids is 1. The quantitative estimate of drug-likeness (QED) is 0.849. The Morgan fingerprint density at radius 2 is 2.11 bits per heavy atom. The highest BCUT2D eigenvalue weighted by Crippen LogP contribution is 2.35. The zero-order valence-electron chi connectivity index (χ0n) is 9.00. The lowest BCUT2D eigenvalue weighted by molar-refractivity contribution is 0.0701. The molecular formula is C11H6BrF2NO2S. The monoisotopic (exact) mass is 333 g/mol. The maximum Gasteiger partial charge on any atom is 0.347 e. The predicted molar refractivity (Wildman–Crippen MR) is 66.9 cm³/mol. The molecule has 0 saturated heterocycles. The molecule has 0 radical (unpaired) electrons. The molecule has 1 aromatic heterocycles. The van der Waals surface area contributed by atoms with Gasteiger partial charge in [-0.1, -0.05) is 0 Å². The lowest BCUT2D eigenvalue weighted by Gasteiger charge is -2.02. The van der Waals surface area contributed by atoms with Crippen LogP contribution in [0.4, 0.5) is 8.78 Å². The number of hydrogen-bond acceptors (Lipinski definition) is 3. The molecule has 0 aliphatic carbocycles. The molecule has 0 fully saturated rings. The predicted octanol–water partition coefficient (Wildman–Crippen LogP) is 3.86. The zero-order chi connectivity index (χ0) is 13.4. The number of hydrogen-bond donors (Lipinski definition) is 1. The molecule has 1 N–H and O–H groups in total. The zero-order valence-corrected chi connectivity index (χ0v) is 11.4. The molecule has 2 rings (SSSR count). The number of nitrogens with zero attached hydrogens (tertiary/aromatic N) is 1. The summed E-state index contributed by atoms with van der Waals surface area (Å²) in [5, 5.41) is 9.25. The van der Waals surface area contributed by atoms with Crippen LogP contribution in [0.2, 0.25) is 0 Å². The highest BCUT2D eigenvalue weighted by Gasteiger charge is 2.19. The van der Waals surface area contributed by atoms with Gasteiger partial charge in [-0.05, 0) is 35.0 Å². The minimum Gasteiger partial charge on any atom is -0.477 e. The van der Waals surface area contributed by atoms with Gasteiger partial charge in [0, 0.05) is 5.56 Å². The second kappa shape index (κ2) is 4.74. The van der Waals surface area contributed by atoms with Gasteiger partial charge in [-0.3, -0.25) is 0 Å². The van der Waals surface area contributed by atoms with Crippen molar-refractivity contribution in [1.82, 2.24) is 4.98 Å². The fourth-order valence-electron chi connectivity index (χ4n) is 1.40. The topological polar surface area (TPSA) is 50.2 Å². The van der Waals surface area contributed by atoms with Gasteiger partial charge in [0.15, 0.2) is 11.6 Å². The number of carboxylic acid groups (broad SMARTS) is 1. The van der Waals surface area contributed by atoms with Crippen LogP contribution in [0, 0.1) is 18.6 Å². The van der Waals surface area contributed by atoms with Gasteiger partial charge < -0.3 is 5.11 Å². The first kappa shape index (κ1) is 13.1. The average molecular weight is 334 g/mol. The van der Waals surface area contributed by atoms with Gasteiger partial charge in [0.05, 0.1) is 10.2 Å². The molecule has 0 saturated carbocycles. The van der Waals surface area contributed by atoms with Crippen molar-refractivity contribution in [3.05, 3.63) is 38.8 Å². The number of aryl methyl sites for hydroxylation is 1. The third kappa shape index (κ3) is 2.15. The molecule has 0 amide bonds. The normalized spacial score (nSPS) is 10.7. The van der Waals surface area contributed by atoms with Gasteiger partial charge in [0.25, 0.3) is 0 Å². The number of aromatic carboxylic acids is 1. The summed E-state index contributed by atoms with van der Waals surface area (Å²) >= 11 is 3.86. The standard InChI is InChI=1S/C11H6BrF2NO2S/c1-4-9(11(16)17)18-10(15-4)5-2-3-6(13)8(14)7(5)12/h2-3H,1H3,(H,16,17). The smallest absolute Gasteiger partial charge is 0.347 e. The van der Waals surface area contributed by atoms with E-state index in [-0.39, 0.29) is 9.35 Å². The van der Waals surface area contributed by atoms with E-state index in [0.29, 0.717) is 16.3 Å². The van der Waals surface area contributed by atoms with Crippen molar-refractivity contribution in [1.29, 1.82) is 0 Å². The summed E-state index contributed by atoms with van der Waals surface area (Å²) in [5.74, 6) is -3.08. The highest BCUT2D eigenvalue weighted by molar-refractivity contribution is 9.10. The van der Waals surface area contributed by atoms with E-state index in [2.05, 4.69) is 20.9 Å². The molecular weight excluding hydrogens is 328 g/mol. The number of halogens is 3. The van der Waals surface area contributed by atoms with Crippen molar-refractivity contribution in [2.24, 2.45) is 0 Å². The van der Waals surface area contributed by atoms with Gasteiger partial charge in [0.1, 0.15) is 9.88 Å². The maximum atomic E-state index is 13.4. The Balaban J connectivity index is 2.60. The largest absolute Gasteiger partial charge is 0.477 e. The third-order valence-corrected chi connectivity index (χ3v) is 4.21. The molecule has 0 unspecified atom stereocenters. The van der Waals surface area contributed by atoms with E-state index in [4.69, 9.17) is 5.11 Å². The van der Waals surface area contributed by atoms with Crippen LogP contribution in [0.1, 0.15) is 15.4 Å². The molecule has 0 spiro atoms. The molecule has 1 heterocycles. The molecule has 7 heteroatoms. The number of carbonyl (C=O) groups is 1. The second-order valence-corrected chi connectivity index (χ2v) is 5.25. The lowest BCUT2D eigenvalue weighted by Crippen LogP contribution is -1.94. The summed E-state index contributed by atoms with van der Waals surface area (Å²) in [7, 11) is 0. The SMILES string of the molecule is Cc1nc(-c2ccc(F)c(F)c2Br)sc1C(=O)O. The van der Waals surface area contributed by atoms with E-state index in [0.717, 1.165) is 17.4 Å². The first-order valence-corrected chi connectivity index (χ1v) is 6.37. The van der Waals surface area contributed by atoms with E-state index in [9.17, 15) is 13.6 Å². The van der Waals surface area contributed by atoms with Gasteiger partial charge in [-0.2, -0.15) is 0 Å². The second-order valence-electron chi connectivity index (χ2n) is 3.46. The first-order valence-electron chi connectivity index (χ1n) is 4.76. The Kier molecular flexibility index (Phi) is 3.45. The highest BCUT2D eigenvalue weighted by atomic mass is 79.9. The molecule has 0 bridgehead atoms. The van der Waals surface area contributed by atoms with Crippen LogP contribution < -0.4 is 0 Å². The minimum absolute atomic E-state index is 0.0619. The van der Waals surface area contributed by atoms with Crippen LogP contribution in [0.25, 0.3) is 10.6 Å². The lowest BCUT2D eigenvalue weighted by atomic mass is 10.2. The fraction of sp³-hybridized carbons (Fsp3) is 0.0909. The van der Waals surface area contributed by atoms with Crippen molar-refractivity contribution in [3.63, 3.8) is 0 Å². The van der Waals surface area contributed by atoms with Crippen LogP contribution in [0.3, 0.4) is 0 Å². The van der Waals surface area contributed by atoms with Crippen LogP contribution in [-0.4, -0.2) is 16.1 Å². The van der Waals surface area contributed by atoms with E-state index in [1.807, 2.05) is 0 Å². The van der Waals surface area contributed by atoms with Crippen LogP contribution in [0.5, 0.6) is 0 Å². The number of benzene rings is 1. The van der Waals surface area contributed by atoms with Gasteiger partial charge in [0.2, 0.25) is 0 Å². The molecule has 2 aromatic rings. The number of thiazole rings is 1. The third-order valence-electron chi connectivity index (χ3n) is 2.26. The fourth-order valence-corrected chi connectivity index (χ4v) is 2.98. The molecule has 3 nitrogen and oxygen atoms in total. The van der Waals surface area contributed by atoms with Crippen LogP contribution in [0.15, 0.2) is 16.6 Å². The summed E-state index contributed by atoms with van der Waals surface area (Å²) < 4.78 is 26.3. The summed E-state index contributed by atoms with van der Waals surface area (Å²) in [6.07, 6.45) is 0. The van der Waals surface area contributed by atoms with Crippen LogP contribution >= 0.6 is 27.3 Å². The molecule has 1 aromatic carbocycles. The van der Waals surface area contributed by atoms with Gasteiger partial charge in [-0.15, -0.1) is 11.3 Å². The summed E-state index contributed by atoms with van der Waals surface area (Å²) in [6, 6.07) is 2.33. The summed E-state index contributed by atoms with van der Waals surface area (Å²) in [4.78, 5) is 15.0. The summed E-state index contributed by atoms with van der Waals surface area (Å²) in [5.41, 5.74) is 0.675. The van der Waals surface area contributed by atoms with Crippen LogP contribution in [-0.2, 0) is 0 Å². The van der Waals surface area contributed by atoms with E-state index < -0.39 is 17.6 Å². The van der Waals surface area contributed by atoms with Gasteiger partial charge in [-0.25, -0.2) is 18.6 Å². The Bertz CT molecular complexity index is 642. The Hall–Kier alpha value is -1.34. The van der Waals surface area contributed by atoms with Crippen molar-refractivity contribution < 1.29 is 18.7 Å². The molecule has 18 heavy (non-hydrogen) atoms. The average Bonchev–Trinajstić information content (AvgIpc) is 2.68. The molecule has 94 valence electrons. The van der Waals surface area contributed by atoms with Crippen molar-refractivity contribution in [3.8, 4) is 10.6 Å². The van der Waals surface area contributed by atoms with Crippen molar-refractivity contribution >= 4 is 33.2 Å². The van der Waals surface area contributed by atoms with E-state index >= 15 is 0 Å². The van der Waals surface area contributed by atoms with Crippen molar-refractivity contribution in [2.75, 3.05) is 0 Å².